The molecule has 0 saturated carbocycles. The van der Waals surface area contributed by atoms with Crippen molar-refractivity contribution >= 4 is 11.6 Å². The van der Waals surface area contributed by atoms with Gasteiger partial charge in [0.1, 0.15) is 0 Å². The maximum atomic E-state index is 12.0. The largest absolute Gasteiger partial charge is 0.376 e. The fourth-order valence-electron chi connectivity index (χ4n) is 1.92. The van der Waals surface area contributed by atoms with Gasteiger partial charge < -0.3 is 15.8 Å². The highest BCUT2D eigenvalue weighted by Gasteiger charge is 2.26. The summed E-state index contributed by atoms with van der Waals surface area (Å²) >= 11 is 0. The Hall–Kier alpha value is -1.40. The van der Waals surface area contributed by atoms with Gasteiger partial charge in [-0.2, -0.15) is 5.10 Å². The SMILES string of the molecule is CC(C)(CN)C(=O)Nc1cnn(CC2CCCO2)c1. The first-order valence-electron chi connectivity index (χ1n) is 6.67. The smallest absolute Gasteiger partial charge is 0.231 e. The second kappa shape index (κ2) is 5.71. The van der Waals surface area contributed by atoms with Gasteiger partial charge in [0.05, 0.1) is 29.9 Å². The third-order valence-corrected chi connectivity index (χ3v) is 3.43. The van der Waals surface area contributed by atoms with Crippen molar-refractivity contribution < 1.29 is 9.53 Å². The number of carbonyl (C=O) groups excluding carboxylic acids is 1. The third-order valence-electron chi connectivity index (χ3n) is 3.43. The van der Waals surface area contributed by atoms with E-state index < -0.39 is 5.41 Å². The highest BCUT2D eigenvalue weighted by atomic mass is 16.5. The predicted molar refractivity (Wildman–Crippen MR) is 72.7 cm³/mol. The summed E-state index contributed by atoms with van der Waals surface area (Å²) in [4.78, 5) is 12.0. The Bertz CT molecular complexity index is 436. The van der Waals surface area contributed by atoms with Crippen LogP contribution in [0.4, 0.5) is 5.69 Å². The topological polar surface area (TPSA) is 82.2 Å². The van der Waals surface area contributed by atoms with E-state index >= 15 is 0 Å². The van der Waals surface area contributed by atoms with Crippen LogP contribution in [-0.2, 0) is 16.1 Å². The van der Waals surface area contributed by atoms with E-state index in [2.05, 4.69) is 10.4 Å². The molecule has 1 aliphatic rings. The van der Waals surface area contributed by atoms with Gasteiger partial charge in [-0.1, -0.05) is 0 Å². The molecule has 2 heterocycles. The summed E-state index contributed by atoms with van der Waals surface area (Å²) in [5.41, 5.74) is 5.70. The minimum Gasteiger partial charge on any atom is -0.376 e. The molecule has 0 radical (unpaired) electrons. The summed E-state index contributed by atoms with van der Waals surface area (Å²) < 4.78 is 7.36. The average Bonchev–Trinajstić information content (AvgIpc) is 3.02. The number of anilines is 1. The lowest BCUT2D eigenvalue weighted by molar-refractivity contribution is -0.123. The highest BCUT2D eigenvalue weighted by molar-refractivity contribution is 5.94. The average molecular weight is 266 g/mol. The number of hydrogen-bond acceptors (Lipinski definition) is 4. The zero-order chi connectivity index (χ0) is 13.9. The maximum absolute atomic E-state index is 12.0. The lowest BCUT2D eigenvalue weighted by Crippen LogP contribution is -2.37. The van der Waals surface area contributed by atoms with Crippen LogP contribution in [-0.4, -0.2) is 34.9 Å². The van der Waals surface area contributed by atoms with E-state index in [1.54, 1.807) is 10.9 Å². The molecule has 1 fully saturated rings. The molecule has 2 rings (SSSR count). The monoisotopic (exact) mass is 266 g/mol. The van der Waals surface area contributed by atoms with Crippen LogP contribution in [0, 0.1) is 5.41 Å². The lowest BCUT2D eigenvalue weighted by atomic mass is 9.93. The number of nitrogens with one attached hydrogen (secondary N) is 1. The molecule has 1 aromatic rings. The molecule has 1 unspecified atom stereocenters. The molecule has 106 valence electrons. The molecule has 6 nitrogen and oxygen atoms in total. The first-order chi connectivity index (χ1) is 9.01. The molecule has 6 heteroatoms. The molecule has 19 heavy (non-hydrogen) atoms. The maximum Gasteiger partial charge on any atom is 0.231 e. The number of amides is 1. The van der Waals surface area contributed by atoms with Gasteiger partial charge in [0.25, 0.3) is 0 Å². The summed E-state index contributed by atoms with van der Waals surface area (Å²) in [6, 6.07) is 0. The minimum absolute atomic E-state index is 0.0910. The molecule has 1 amide bonds. The van der Waals surface area contributed by atoms with E-state index in [4.69, 9.17) is 10.5 Å². The fraction of sp³-hybridized carbons (Fsp3) is 0.692. The fourth-order valence-corrected chi connectivity index (χ4v) is 1.92. The Labute approximate surface area is 113 Å². The summed E-state index contributed by atoms with van der Waals surface area (Å²) in [6.07, 6.45) is 5.90. The van der Waals surface area contributed by atoms with E-state index in [0.717, 1.165) is 26.0 Å². The Balaban J connectivity index is 1.91. The number of aromatic nitrogens is 2. The molecule has 3 N–H and O–H groups in total. The van der Waals surface area contributed by atoms with Gasteiger partial charge in [-0.3, -0.25) is 9.48 Å². The summed E-state index contributed by atoms with van der Waals surface area (Å²) in [6.45, 7) is 5.51. The van der Waals surface area contributed by atoms with Crippen LogP contribution in [0.3, 0.4) is 0 Å². The van der Waals surface area contributed by atoms with Gasteiger partial charge in [-0.05, 0) is 26.7 Å². The first kappa shape index (κ1) is 14.0. The Morgan fingerprint density at radius 2 is 2.47 bits per heavy atom. The van der Waals surface area contributed by atoms with Crippen LogP contribution in [0.15, 0.2) is 12.4 Å². The van der Waals surface area contributed by atoms with Gasteiger partial charge in [-0.15, -0.1) is 0 Å². The molecule has 1 saturated heterocycles. The summed E-state index contributed by atoms with van der Waals surface area (Å²) in [5, 5.41) is 7.07. The van der Waals surface area contributed by atoms with Crippen molar-refractivity contribution in [3.05, 3.63) is 12.4 Å². The molecule has 1 atom stereocenters. The molecule has 0 spiro atoms. The molecular formula is C13H22N4O2. The first-order valence-corrected chi connectivity index (χ1v) is 6.67. The second-order valence-electron chi connectivity index (χ2n) is 5.63. The zero-order valence-corrected chi connectivity index (χ0v) is 11.6. The second-order valence-corrected chi connectivity index (χ2v) is 5.63. The third kappa shape index (κ3) is 3.54. The van der Waals surface area contributed by atoms with Crippen molar-refractivity contribution in [1.82, 2.24) is 9.78 Å². The van der Waals surface area contributed by atoms with E-state index in [0.29, 0.717) is 12.2 Å². The van der Waals surface area contributed by atoms with Crippen molar-refractivity contribution in [1.29, 1.82) is 0 Å². The molecule has 0 aromatic carbocycles. The van der Waals surface area contributed by atoms with Crippen molar-refractivity contribution in [2.75, 3.05) is 18.5 Å². The van der Waals surface area contributed by atoms with Crippen LogP contribution >= 0.6 is 0 Å². The number of carbonyl (C=O) groups is 1. The number of hydrogen-bond donors (Lipinski definition) is 2. The van der Waals surface area contributed by atoms with Crippen molar-refractivity contribution in [3.8, 4) is 0 Å². The number of nitrogens with two attached hydrogens (primary N) is 1. The molecule has 0 aliphatic carbocycles. The molecule has 1 aliphatic heterocycles. The van der Waals surface area contributed by atoms with Crippen LogP contribution in [0.25, 0.3) is 0 Å². The Morgan fingerprint density at radius 1 is 1.68 bits per heavy atom. The van der Waals surface area contributed by atoms with E-state index in [9.17, 15) is 4.79 Å². The van der Waals surface area contributed by atoms with Gasteiger partial charge in [0.2, 0.25) is 5.91 Å². The van der Waals surface area contributed by atoms with Crippen LogP contribution in [0.5, 0.6) is 0 Å². The predicted octanol–water partition coefficient (Wildman–Crippen LogP) is 0.985. The van der Waals surface area contributed by atoms with Crippen LogP contribution in [0.2, 0.25) is 0 Å². The zero-order valence-electron chi connectivity index (χ0n) is 11.6. The van der Waals surface area contributed by atoms with Gasteiger partial charge in [0.15, 0.2) is 0 Å². The van der Waals surface area contributed by atoms with Crippen molar-refractivity contribution in [2.24, 2.45) is 11.1 Å². The molecular weight excluding hydrogens is 244 g/mol. The van der Waals surface area contributed by atoms with Gasteiger partial charge in [-0.25, -0.2) is 0 Å². The summed E-state index contributed by atoms with van der Waals surface area (Å²) in [7, 11) is 0. The van der Waals surface area contributed by atoms with Gasteiger partial charge >= 0.3 is 0 Å². The molecule has 1 aromatic heterocycles. The molecule has 0 bridgehead atoms. The standard InChI is InChI=1S/C13H22N4O2/c1-13(2,9-14)12(18)16-10-6-15-17(7-10)8-11-4-3-5-19-11/h6-7,11H,3-5,8-9,14H2,1-2H3,(H,16,18). The van der Waals surface area contributed by atoms with E-state index in [1.807, 2.05) is 20.0 Å². The quantitative estimate of drug-likeness (QED) is 0.832. The van der Waals surface area contributed by atoms with E-state index in [1.165, 1.54) is 0 Å². The van der Waals surface area contributed by atoms with Crippen LogP contribution in [0.1, 0.15) is 26.7 Å². The number of rotatable bonds is 5. The Kier molecular flexibility index (Phi) is 4.21. The lowest BCUT2D eigenvalue weighted by Gasteiger charge is -2.20. The van der Waals surface area contributed by atoms with Crippen molar-refractivity contribution in [3.63, 3.8) is 0 Å². The number of ether oxygens (including phenoxy) is 1. The normalized spacial score (nSPS) is 19.6. The minimum atomic E-state index is -0.573. The van der Waals surface area contributed by atoms with E-state index in [-0.39, 0.29) is 12.0 Å². The van der Waals surface area contributed by atoms with Crippen LogP contribution < -0.4 is 11.1 Å². The number of nitrogens with zero attached hydrogens (tertiary/aromatic N) is 2. The summed E-state index contributed by atoms with van der Waals surface area (Å²) in [5.74, 6) is -0.0910. The highest BCUT2D eigenvalue weighted by Crippen LogP contribution is 2.18. The van der Waals surface area contributed by atoms with Crippen molar-refractivity contribution in [2.45, 2.75) is 39.3 Å². The Morgan fingerprint density at radius 3 is 3.11 bits per heavy atom. The van der Waals surface area contributed by atoms with Gasteiger partial charge in [0, 0.05) is 19.3 Å².